The Morgan fingerprint density at radius 2 is 2.12 bits per heavy atom. The Balaban J connectivity index is 0.00000208. The van der Waals surface area contributed by atoms with Crippen LogP contribution in [0, 0.1) is 5.92 Å². The van der Waals surface area contributed by atoms with Gasteiger partial charge in [0.25, 0.3) is 0 Å². The maximum atomic E-state index is 13.0. The van der Waals surface area contributed by atoms with Crippen LogP contribution in [0.4, 0.5) is 0 Å². The lowest BCUT2D eigenvalue weighted by Crippen LogP contribution is -2.45. The number of aliphatic hydroxyl groups excluding tert-OH is 1. The number of methoxy groups -OCH3 is 1. The van der Waals surface area contributed by atoms with E-state index in [1.807, 2.05) is 24.3 Å². The molecular formula is C18H27ClN2O3. The third kappa shape index (κ3) is 3.68. The second-order valence-corrected chi connectivity index (χ2v) is 6.72. The van der Waals surface area contributed by atoms with Gasteiger partial charge in [0.15, 0.2) is 0 Å². The molecule has 1 aromatic rings. The zero-order chi connectivity index (χ0) is 16.3. The Hall–Kier alpha value is -1.30. The molecule has 3 rings (SSSR count). The Bertz CT molecular complexity index is 561. The fraction of sp³-hybridized carbons (Fsp3) is 0.611. The standard InChI is InChI=1S/C18H26N2O3.ClH/c1-23-15-6-4-5-14(9-15)18(7-2-3-8-18)17(22)20-11-13-10-19-12-16(13)21;/h4-6,9,13,16,19,21H,2-3,7-8,10-12H2,1H3,(H,20,22);1H. The molecule has 134 valence electrons. The van der Waals surface area contributed by atoms with E-state index >= 15 is 0 Å². The molecule has 1 aromatic carbocycles. The summed E-state index contributed by atoms with van der Waals surface area (Å²) in [7, 11) is 1.65. The quantitative estimate of drug-likeness (QED) is 0.751. The minimum atomic E-state index is -0.453. The van der Waals surface area contributed by atoms with E-state index in [-0.39, 0.29) is 30.3 Å². The average Bonchev–Trinajstić information content (AvgIpc) is 3.22. The molecule has 1 saturated heterocycles. The molecule has 1 heterocycles. The van der Waals surface area contributed by atoms with Gasteiger partial charge in [0, 0.05) is 25.6 Å². The summed E-state index contributed by atoms with van der Waals surface area (Å²) < 4.78 is 5.32. The molecule has 2 aliphatic rings. The molecule has 1 saturated carbocycles. The van der Waals surface area contributed by atoms with E-state index in [4.69, 9.17) is 4.74 Å². The average molecular weight is 355 g/mol. The highest BCUT2D eigenvalue weighted by atomic mass is 35.5. The normalized spacial score (nSPS) is 25.1. The van der Waals surface area contributed by atoms with E-state index < -0.39 is 5.41 Å². The van der Waals surface area contributed by atoms with Crippen LogP contribution in [0.1, 0.15) is 31.2 Å². The van der Waals surface area contributed by atoms with Gasteiger partial charge in [-0.15, -0.1) is 12.4 Å². The summed E-state index contributed by atoms with van der Waals surface area (Å²) in [4.78, 5) is 13.0. The molecule has 2 atom stereocenters. The SMILES string of the molecule is COc1cccc(C2(C(=O)NCC3CNCC3O)CCCC2)c1.Cl. The lowest BCUT2D eigenvalue weighted by atomic mass is 9.77. The van der Waals surface area contributed by atoms with Crippen LogP contribution >= 0.6 is 12.4 Å². The fourth-order valence-electron chi connectivity index (χ4n) is 3.87. The molecule has 2 unspecified atom stereocenters. The number of rotatable bonds is 5. The summed E-state index contributed by atoms with van der Waals surface area (Å²) in [6.07, 6.45) is 3.51. The van der Waals surface area contributed by atoms with Crippen molar-refractivity contribution in [3.63, 3.8) is 0 Å². The minimum absolute atomic E-state index is 0. The molecule has 5 nitrogen and oxygen atoms in total. The van der Waals surface area contributed by atoms with Crippen molar-refractivity contribution < 1.29 is 14.6 Å². The van der Waals surface area contributed by atoms with Gasteiger partial charge in [-0.3, -0.25) is 4.79 Å². The molecular weight excluding hydrogens is 328 g/mol. The van der Waals surface area contributed by atoms with E-state index in [0.717, 1.165) is 43.5 Å². The zero-order valence-electron chi connectivity index (χ0n) is 14.1. The van der Waals surface area contributed by atoms with Gasteiger partial charge in [-0.05, 0) is 30.5 Å². The first-order valence-electron chi connectivity index (χ1n) is 8.47. The number of carbonyl (C=O) groups is 1. The Morgan fingerprint density at radius 3 is 2.75 bits per heavy atom. The van der Waals surface area contributed by atoms with Gasteiger partial charge < -0.3 is 20.5 Å². The first-order valence-corrected chi connectivity index (χ1v) is 8.47. The van der Waals surface area contributed by atoms with Crippen LogP contribution in [0.25, 0.3) is 0 Å². The predicted octanol–water partition coefficient (Wildman–Crippen LogP) is 1.63. The lowest BCUT2D eigenvalue weighted by Gasteiger charge is -2.29. The third-order valence-electron chi connectivity index (χ3n) is 5.34. The van der Waals surface area contributed by atoms with E-state index in [0.29, 0.717) is 13.1 Å². The molecule has 24 heavy (non-hydrogen) atoms. The van der Waals surface area contributed by atoms with Crippen LogP contribution in [-0.4, -0.2) is 43.9 Å². The second-order valence-electron chi connectivity index (χ2n) is 6.72. The Labute approximate surface area is 149 Å². The van der Waals surface area contributed by atoms with Gasteiger partial charge in [0.2, 0.25) is 5.91 Å². The van der Waals surface area contributed by atoms with Crippen molar-refractivity contribution in [1.82, 2.24) is 10.6 Å². The molecule has 0 radical (unpaired) electrons. The van der Waals surface area contributed by atoms with Crippen LogP contribution in [0.15, 0.2) is 24.3 Å². The van der Waals surface area contributed by atoms with Crippen LogP contribution in [0.5, 0.6) is 5.75 Å². The van der Waals surface area contributed by atoms with Crippen LogP contribution in [-0.2, 0) is 10.2 Å². The molecule has 0 spiro atoms. The van der Waals surface area contributed by atoms with Crippen LogP contribution in [0.2, 0.25) is 0 Å². The molecule has 0 aromatic heterocycles. The summed E-state index contributed by atoms with van der Waals surface area (Å²) in [5, 5.41) is 16.1. The number of halogens is 1. The highest BCUT2D eigenvalue weighted by Gasteiger charge is 2.43. The molecule has 1 aliphatic heterocycles. The van der Waals surface area contributed by atoms with Crippen molar-refractivity contribution in [2.75, 3.05) is 26.7 Å². The van der Waals surface area contributed by atoms with Gasteiger partial charge in [-0.1, -0.05) is 25.0 Å². The number of hydrogen-bond acceptors (Lipinski definition) is 4. The largest absolute Gasteiger partial charge is 0.497 e. The van der Waals surface area contributed by atoms with Gasteiger partial charge >= 0.3 is 0 Å². The highest BCUT2D eigenvalue weighted by molar-refractivity contribution is 5.88. The highest BCUT2D eigenvalue weighted by Crippen LogP contribution is 2.42. The number of carbonyl (C=O) groups excluding carboxylic acids is 1. The minimum Gasteiger partial charge on any atom is -0.497 e. The van der Waals surface area contributed by atoms with Crippen molar-refractivity contribution in [3.05, 3.63) is 29.8 Å². The summed E-state index contributed by atoms with van der Waals surface area (Å²) in [6.45, 7) is 1.90. The maximum absolute atomic E-state index is 13.0. The van der Waals surface area contributed by atoms with Gasteiger partial charge in [-0.25, -0.2) is 0 Å². The number of nitrogens with one attached hydrogen (secondary N) is 2. The summed E-state index contributed by atoms with van der Waals surface area (Å²) in [5.74, 6) is 0.974. The molecule has 0 bridgehead atoms. The number of ether oxygens (including phenoxy) is 1. The van der Waals surface area contributed by atoms with Crippen molar-refractivity contribution in [2.45, 2.75) is 37.2 Å². The van der Waals surface area contributed by atoms with E-state index in [2.05, 4.69) is 10.6 Å². The number of amides is 1. The molecule has 1 amide bonds. The third-order valence-corrected chi connectivity index (χ3v) is 5.34. The van der Waals surface area contributed by atoms with Crippen molar-refractivity contribution in [3.8, 4) is 5.75 Å². The molecule has 6 heteroatoms. The summed E-state index contributed by atoms with van der Waals surface area (Å²) in [5.41, 5.74) is 0.586. The Kier molecular flexibility index (Phi) is 6.49. The number of benzene rings is 1. The summed E-state index contributed by atoms with van der Waals surface area (Å²) >= 11 is 0. The van der Waals surface area contributed by atoms with Gasteiger partial charge in [-0.2, -0.15) is 0 Å². The Morgan fingerprint density at radius 1 is 1.38 bits per heavy atom. The van der Waals surface area contributed by atoms with Gasteiger partial charge in [0.05, 0.1) is 18.6 Å². The van der Waals surface area contributed by atoms with Gasteiger partial charge in [0.1, 0.15) is 5.75 Å². The first-order chi connectivity index (χ1) is 11.2. The maximum Gasteiger partial charge on any atom is 0.230 e. The number of β-amino-alcohol motifs (C(OH)–C–C–N with tert-alkyl or cyclic N) is 1. The monoisotopic (exact) mass is 354 g/mol. The predicted molar refractivity (Wildman–Crippen MR) is 95.8 cm³/mol. The van der Waals surface area contributed by atoms with Crippen molar-refractivity contribution >= 4 is 18.3 Å². The lowest BCUT2D eigenvalue weighted by molar-refractivity contribution is -0.126. The van der Waals surface area contributed by atoms with E-state index in [1.165, 1.54) is 0 Å². The first kappa shape index (κ1) is 19.0. The topological polar surface area (TPSA) is 70.6 Å². The van der Waals surface area contributed by atoms with E-state index in [1.54, 1.807) is 7.11 Å². The number of hydrogen-bond donors (Lipinski definition) is 3. The van der Waals surface area contributed by atoms with Crippen molar-refractivity contribution in [1.29, 1.82) is 0 Å². The van der Waals surface area contributed by atoms with Crippen molar-refractivity contribution in [2.24, 2.45) is 5.92 Å². The molecule has 3 N–H and O–H groups in total. The zero-order valence-corrected chi connectivity index (χ0v) is 14.9. The van der Waals surface area contributed by atoms with E-state index in [9.17, 15) is 9.90 Å². The smallest absolute Gasteiger partial charge is 0.230 e. The fourth-order valence-corrected chi connectivity index (χ4v) is 3.87. The second kappa shape index (κ2) is 8.19. The van der Waals surface area contributed by atoms with Crippen LogP contribution in [0.3, 0.4) is 0 Å². The molecule has 2 fully saturated rings. The summed E-state index contributed by atoms with van der Waals surface area (Å²) in [6, 6.07) is 7.87. The van der Waals surface area contributed by atoms with Crippen LogP contribution < -0.4 is 15.4 Å². The molecule has 1 aliphatic carbocycles. The number of aliphatic hydroxyl groups is 1.